The number of benzene rings is 2. The van der Waals surface area contributed by atoms with Crippen LogP contribution in [0.1, 0.15) is 74.3 Å². The lowest BCUT2D eigenvalue weighted by molar-refractivity contribution is 0.685. The van der Waals surface area contributed by atoms with Gasteiger partial charge in [-0.15, -0.1) is 0 Å². The van der Waals surface area contributed by atoms with Crippen LogP contribution in [0.5, 0.6) is 0 Å². The number of fused-ring (bicyclic) bond motifs is 2. The van der Waals surface area contributed by atoms with Crippen molar-refractivity contribution in [2.45, 2.75) is 66.2 Å². The van der Waals surface area contributed by atoms with Crippen LogP contribution in [0.4, 0.5) is 0 Å². The Hall–Kier alpha value is -1.82. The Morgan fingerprint density at radius 1 is 0.917 bits per heavy atom. The van der Waals surface area contributed by atoms with Crippen LogP contribution in [0.25, 0.3) is 17.2 Å². The molecule has 2 aliphatic rings. The Balaban J connectivity index is 0.000000815. The molecule has 24 heavy (non-hydrogen) atoms. The molecule has 2 aromatic carbocycles. The lowest BCUT2D eigenvalue weighted by Gasteiger charge is -2.24. The second-order valence-corrected chi connectivity index (χ2v) is 7.08. The van der Waals surface area contributed by atoms with E-state index >= 15 is 0 Å². The zero-order chi connectivity index (χ0) is 17.3. The molecule has 0 heterocycles. The summed E-state index contributed by atoms with van der Waals surface area (Å²) in [7, 11) is 0. The third kappa shape index (κ3) is 2.83. The highest BCUT2D eigenvalue weighted by Crippen LogP contribution is 2.45. The summed E-state index contributed by atoms with van der Waals surface area (Å²) in [6.45, 7) is 10.8. The molecule has 0 bridgehead atoms. The van der Waals surface area contributed by atoms with Crippen molar-refractivity contribution < 1.29 is 0 Å². The fraction of sp³-hybridized carbons (Fsp3) is 0.417. The van der Waals surface area contributed by atoms with Gasteiger partial charge >= 0.3 is 0 Å². The molecule has 126 valence electrons. The lowest BCUT2D eigenvalue weighted by atomic mass is 9.80. The fourth-order valence-corrected chi connectivity index (χ4v) is 4.11. The Bertz CT molecular complexity index is 760. The topological polar surface area (TPSA) is 0 Å². The highest BCUT2D eigenvalue weighted by Gasteiger charge is 2.26. The highest BCUT2D eigenvalue weighted by molar-refractivity contribution is 5.85. The Morgan fingerprint density at radius 2 is 1.58 bits per heavy atom. The van der Waals surface area contributed by atoms with Crippen LogP contribution < -0.4 is 0 Å². The third-order valence-corrected chi connectivity index (χ3v) is 5.58. The van der Waals surface area contributed by atoms with Crippen molar-refractivity contribution in [3.8, 4) is 11.1 Å². The average molecular weight is 319 g/mol. The zero-order valence-electron chi connectivity index (χ0n) is 15.9. The van der Waals surface area contributed by atoms with E-state index < -0.39 is 0 Å². The van der Waals surface area contributed by atoms with E-state index in [1.807, 2.05) is 13.8 Å². The maximum atomic E-state index is 2.51. The summed E-state index contributed by atoms with van der Waals surface area (Å²) in [5, 5.41) is 0. The van der Waals surface area contributed by atoms with Gasteiger partial charge in [-0.05, 0) is 72.9 Å². The minimum Gasteiger partial charge on any atom is -0.0683 e. The summed E-state index contributed by atoms with van der Waals surface area (Å²) in [6.07, 6.45) is 7.62. The molecule has 2 aliphatic carbocycles. The molecule has 0 spiro atoms. The van der Waals surface area contributed by atoms with Crippen LogP contribution in [0.15, 0.2) is 35.9 Å². The number of rotatable bonds is 1. The molecule has 2 aromatic rings. The molecule has 0 amide bonds. The minimum absolute atomic E-state index is 0.575. The van der Waals surface area contributed by atoms with Gasteiger partial charge in [-0.2, -0.15) is 0 Å². The molecule has 0 saturated carbocycles. The van der Waals surface area contributed by atoms with Crippen LogP contribution in [-0.4, -0.2) is 0 Å². The van der Waals surface area contributed by atoms with Crippen molar-refractivity contribution in [3.63, 3.8) is 0 Å². The molecule has 4 rings (SSSR count). The first-order valence-electron chi connectivity index (χ1n) is 9.59. The maximum absolute atomic E-state index is 2.51. The quantitative estimate of drug-likeness (QED) is 0.526. The summed E-state index contributed by atoms with van der Waals surface area (Å²) in [5.41, 5.74) is 12.0. The highest BCUT2D eigenvalue weighted by atomic mass is 14.3. The van der Waals surface area contributed by atoms with E-state index in [1.165, 1.54) is 53.5 Å². The van der Waals surface area contributed by atoms with Crippen LogP contribution in [0, 0.1) is 6.92 Å². The molecular weight excluding hydrogens is 288 g/mol. The van der Waals surface area contributed by atoms with E-state index in [9.17, 15) is 0 Å². The summed E-state index contributed by atoms with van der Waals surface area (Å²) in [6, 6.07) is 11.6. The van der Waals surface area contributed by atoms with Crippen LogP contribution in [0.3, 0.4) is 0 Å². The SMILES string of the molecule is CC.CC1=Cc2c(cc3c(c2-c2ccc(C)cc2)CCCC3)C1C. The second-order valence-electron chi connectivity index (χ2n) is 7.08. The summed E-state index contributed by atoms with van der Waals surface area (Å²) in [4.78, 5) is 0. The first-order chi connectivity index (χ1) is 11.6. The van der Waals surface area contributed by atoms with E-state index in [-0.39, 0.29) is 0 Å². The molecule has 0 nitrogen and oxygen atoms in total. The molecule has 0 heteroatoms. The number of hydrogen-bond donors (Lipinski definition) is 0. The number of allylic oxidation sites excluding steroid dienone is 1. The molecule has 0 radical (unpaired) electrons. The predicted molar refractivity (Wildman–Crippen MR) is 107 cm³/mol. The van der Waals surface area contributed by atoms with Crippen molar-refractivity contribution >= 4 is 6.08 Å². The molecule has 1 unspecified atom stereocenters. The summed E-state index contributed by atoms with van der Waals surface area (Å²) >= 11 is 0. The van der Waals surface area contributed by atoms with Gasteiger partial charge in [-0.1, -0.05) is 68.3 Å². The van der Waals surface area contributed by atoms with Crippen molar-refractivity contribution in [3.05, 3.63) is 63.7 Å². The van der Waals surface area contributed by atoms with Crippen molar-refractivity contribution in [1.29, 1.82) is 0 Å². The van der Waals surface area contributed by atoms with Crippen molar-refractivity contribution in [1.82, 2.24) is 0 Å². The lowest BCUT2D eigenvalue weighted by Crippen LogP contribution is -2.08. The largest absolute Gasteiger partial charge is 0.0683 e. The van der Waals surface area contributed by atoms with Gasteiger partial charge in [-0.25, -0.2) is 0 Å². The molecule has 0 N–H and O–H groups in total. The Morgan fingerprint density at radius 3 is 2.29 bits per heavy atom. The Labute approximate surface area is 147 Å². The molecule has 0 fully saturated rings. The van der Waals surface area contributed by atoms with Gasteiger partial charge in [0.25, 0.3) is 0 Å². The zero-order valence-corrected chi connectivity index (χ0v) is 15.9. The van der Waals surface area contributed by atoms with E-state index in [1.54, 1.807) is 16.7 Å². The van der Waals surface area contributed by atoms with Gasteiger partial charge in [0.15, 0.2) is 0 Å². The van der Waals surface area contributed by atoms with E-state index in [4.69, 9.17) is 0 Å². The Kier molecular flexibility index (Phi) is 4.94. The van der Waals surface area contributed by atoms with Crippen LogP contribution in [0.2, 0.25) is 0 Å². The van der Waals surface area contributed by atoms with Crippen LogP contribution in [-0.2, 0) is 12.8 Å². The molecule has 0 saturated heterocycles. The monoisotopic (exact) mass is 318 g/mol. The van der Waals surface area contributed by atoms with Gasteiger partial charge < -0.3 is 0 Å². The minimum atomic E-state index is 0.575. The fourth-order valence-electron chi connectivity index (χ4n) is 4.11. The van der Waals surface area contributed by atoms with Gasteiger partial charge in [0.05, 0.1) is 0 Å². The molecule has 0 aliphatic heterocycles. The van der Waals surface area contributed by atoms with Gasteiger partial charge in [0, 0.05) is 5.92 Å². The van der Waals surface area contributed by atoms with Crippen molar-refractivity contribution in [2.75, 3.05) is 0 Å². The predicted octanol–water partition coefficient (Wildman–Crippen LogP) is 7.09. The normalized spacial score (nSPS) is 18.2. The number of aryl methyl sites for hydroxylation is 2. The molecule has 1 atom stereocenters. The van der Waals surface area contributed by atoms with E-state index in [0.29, 0.717) is 5.92 Å². The standard InChI is InChI=1S/C22H24.C2H6/c1-14-8-10-17(11-9-14)22-19-7-5-4-6-18(19)13-20-16(3)15(2)12-21(20)22;1-2/h8-13,16H,4-7H2,1-3H3;1-2H3. The first kappa shape index (κ1) is 17.0. The first-order valence-corrected chi connectivity index (χ1v) is 9.59. The number of hydrogen-bond acceptors (Lipinski definition) is 0. The van der Waals surface area contributed by atoms with Gasteiger partial charge in [-0.3, -0.25) is 0 Å². The van der Waals surface area contributed by atoms with E-state index in [2.05, 4.69) is 57.2 Å². The smallest absolute Gasteiger partial charge is 0.00266 e. The third-order valence-electron chi connectivity index (χ3n) is 5.58. The second kappa shape index (κ2) is 6.97. The van der Waals surface area contributed by atoms with E-state index in [0.717, 1.165) is 0 Å². The average Bonchev–Trinajstić information content (AvgIpc) is 2.90. The van der Waals surface area contributed by atoms with Gasteiger partial charge in [0.2, 0.25) is 0 Å². The van der Waals surface area contributed by atoms with Crippen LogP contribution >= 0.6 is 0 Å². The summed E-state index contributed by atoms with van der Waals surface area (Å²) < 4.78 is 0. The molecule has 0 aromatic heterocycles. The summed E-state index contributed by atoms with van der Waals surface area (Å²) in [5.74, 6) is 0.575. The maximum Gasteiger partial charge on any atom is 0.00266 e. The van der Waals surface area contributed by atoms with Gasteiger partial charge in [0.1, 0.15) is 0 Å². The van der Waals surface area contributed by atoms with Crippen molar-refractivity contribution in [2.24, 2.45) is 0 Å². The molecular formula is C24H30.